The van der Waals surface area contributed by atoms with Crippen LogP contribution in [0.15, 0.2) is 29.2 Å². The first kappa shape index (κ1) is 14.0. The summed E-state index contributed by atoms with van der Waals surface area (Å²) >= 11 is 1.54. The van der Waals surface area contributed by atoms with Crippen LogP contribution in [0.1, 0.15) is 20.8 Å². The molecule has 0 saturated carbocycles. The van der Waals surface area contributed by atoms with E-state index in [0.29, 0.717) is 6.04 Å². The lowest BCUT2D eigenvalue weighted by molar-refractivity contribution is -0.387. The van der Waals surface area contributed by atoms with Gasteiger partial charge in [0.2, 0.25) is 0 Å². The highest BCUT2D eigenvalue weighted by Crippen LogP contribution is 2.32. The molecule has 1 aromatic carbocycles. The Morgan fingerprint density at radius 1 is 1.41 bits per heavy atom. The third-order valence-electron chi connectivity index (χ3n) is 2.61. The van der Waals surface area contributed by atoms with E-state index in [1.807, 2.05) is 6.07 Å². The summed E-state index contributed by atoms with van der Waals surface area (Å²) in [6.07, 6.45) is 0. The normalized spacial score (nSPS) is 14.3. The second-order valence-corrected chi connectivity index (χ2v) is 5.31. The van der Waals surface area contributed by atoms with Crippen molar-refractivity contribution in [2.45, 2.75) is 37.0 Å². The number of nitrogens with zero attached hydrogens (tertiary/aromatic N) is 1. The summed E-state index contributed by atoms with van der Waals surface area (Å²) in [4.78, 5) is 11.3. The topological polar surface area (TPSA) is 55.2 Å². The lowest BCUT2D eigenvalue weighted by atomic mass is 10.2. The molecule has 94 valence electrons. The summed E-state index contributed by atoms with van der Waals surface area (Å²) in [5.41, 5.74) is 0.188. The Bertz CT molecular complexity index is 385. The molecule has 1 aromatic rings. The quantitative estimate of drug-likeness (QED) is 0.481. The van der Waals surface area contributed by atoms with E-state index in [1.54, 1.807) is 30.0 Å². The Morgan fingerprint density at radius 2 is 2.06 bits per heavy atom. The highest BCUT2D eigenvalue weighted by atomic mass is 32.2. The van der Waals surface area contributed by atoms with Crippen molar-refractivity contribution in [1.29, 1.82) is 0 Å². The van der Waals surface area contributed by atoms with E-state index < -0.39 is 0 Å². The Morgan fingerprint density at radius 3 is 2.65 bits per heavy atom. The summed E-state index contributed by atoms with van der Waals surface area (Å²) in [6, 6.07) is 7.20. The minimum Gasteiger partial charge on any atom is -0.313 e. The smallest absolute Gasteiger partial charge is 0.282 e. The molecule has 0 bridgehead atoms. The van der Waals surface area contributed by atoms with Gasteiger partial charge in [0.25, 0.3) is 5.69 Å². The summed E-state index contributed by atoms with van der Waals surface area (Å²) in [5, 5.41) is 14.5. The van der Waals surface area contributed by atoms with E-state index in [1.165, 1.54) is 0 Å². The van der Waals surface area contributed by atoms with Crippen molar-refractivity contribution in [2.24, 2.45) is 0 Å². The van der Waals surface area contributed by atoms with E-state index in [-0.39, 0.29) is 15.9 Å². The van der Waals surface area contributed by atoms with E-state index >= 15 is 0 Å². The molecule has 5 heteroatoms. The number of para-hydroxylation sites is 1. The summed E-state index contributed by atoms with van der Waals surface area (Å²) < 4.78 is 0. The first-order chi connectivity index (χ1) is 8.06. The molecule has 0 radical (unpaired) electrons. The van der Waals surface area contributed by atoms with Crippen molar-refractivity contribution in [1.82, 2.24) is 5.32 Å². The number of nitrogens with one attached hydrogen (secondary N) is 1. The summed E-state index contributed by atoms with van der Waals surface area (Å²) in [6.45, 7) is 7.13. The lowest BCUT2D eigenvalue weighted by Crippen LogP contribution is -2.33. The Kier molecular flexibility index (Phi) is 5.44. The number of thioether (sulfide) groups is 1. The van der Waals surface area contributed by atoms with Crippen LogP contribution in [0.2, 0.25) is 0 Å². The summed E-state index contributed by atoms with van der Waals surface area (Å²) in [5.74, 6) is 0. The predicted octanol–water partition coefficient (Wildman–Crippen LogP) is 3.07. The standard InChI is InChI=1S/C12H18N2O2S/c1-4-13-9(2)10(3)17-12-8-6-5-7-11(12)14(15)16/h5-10,13H,4H2,1-3H3. The molecular weight excluding hydrogens is 236 g/mol. The van der Waals surface area contributed by atoms with Gasteiger partial charge in [0.15, 0.2) is 0 Å². The second kappa shape index (κ2) is 6.61. The zero-order chi connectivity index (χ0) is 12.8. The highest BCUT2D eigenvalue weighted by Gasteiger charge is 2.18. The molecule has 0 heterocycles. The molecule has 1 rings (SSSR count). The fourth-order valence-corrected chi connectivity index (χ4v) is 2.62. The van der Waals surface area contributed by atoms with Crippen molar-refractivity contribution < 1.29 is 4.92 Å². The van der Waals surface area contributed by atoms with Crippen LogP contribution in [0.4, 0.5) is 5.69 Å². The zero-order valence-corrected chi connectivity index (χ0v) is 11.2. The molecule has 17 heavy (non-hydrogen) atoms. The minimum absolute atomic E-state index is 0.188. The van der Waals surface area contributed by atoms with Crippen LogP contribution in [0, 0.1) is 10.1 Å². The molecular formula is C12H18N2O2S. The first-order valence-electron chi connectivity index (χ1n) is 5.69. The van der Waals surface area contributed by atoms with Gasteiger partial charge >= 0.3 is 0 Å². The Balaban J connectivity index is 2.77. The SMILES string of the molecule is CCNC(C)C(C)Sc1ccccc1[N+](=O)[O-]. The van der Waals surface area contributed by atoms with Crippen molar-refractivity contribution in [3.63, 3.8) is 0 Å². The molecule has 2 unspecified atom stereocenters. The molecule has 0 aliphatic carbocycles. The molecule has 0 saturated heterocycles. The Labute approximate surface area is 106 Å². The molecule has 0 spiro atoms. The van der Waals surface area contributed by atoms with Gasteiger partial charge in [-0.3, -0.25) is 10.1 Å². The largest absolute Gasteiger partial charge is 0.313 e. The maximum Gasteiger partial charge on any atom is 0.282 e. The molecule has 2 atom stereocenters. The van der Waals surface area contributed by atoms with Crippen LogP contribution in [0.25, 0.3) is 0 Å². The third kappa shape index (κ3) is 4.02. The number of rotatable bonds is 6. The average Bonchev–Trinajstić information content (AvgIpc) is 2.29. The van der Waals surface area contributed by atoms with Gasteiger partial charge < -0.3 is 5.32 Å². The van der Waals surface area contributed by atoms with Gasteiger partial charge in [-0.25, -0.2) is 0 Å². The number of nitro groups is 1. The number of benzene rings is 1. The number of hydrogen-bond acceptors (Lipinski definition) is 4. The van der Waals surface area contributed by atoms with Crippen LogP contribution in [0.3, 0.4) is 0 Å². The van der Waals surface area contributed by atoms with Gasteiger partial charge in [-0.15, -0.1) is 11.8 Å². The summed E-state index contributed by atoms with van der Waals surface area (Å²) in [7, 11) is 0. The van der Waals surface area contributed by atoms with E-state index in [4.69, 9.17) is 0 Å². The predicted molar refractivity (Wildman–Crippen MR) is 71.6 cm³/mol. The van der Waals surface area contributed by atoms with Crippen LogP contribution in [-0.4, -0.2) is 22.8 Å². The van der Waals surface area contributed by atoms with Crippen LogP contribution in [0.5, 0.6) is 0 Å². The molecule has 0 fully saturated rings. The number of nitro benzene ring substituents is 1. The minimum atomic E-state index is -0.326. The van der Waals surface area contributed by atoms with Crippen LogP contribution >= 0.6 is 11.8 Å². The van der Waals surface area contributed by atoms with Gasteiger partial charge in [0.05, 0.1) is 9.82 Å². The van der Waals surface area contributed by atoms with Crippen molar-refractivity contribution in [3.8, 4) is 0 Å². The van der Waals surface area contributed by atoms with E-state index in [9.17, 15) is 10.1 Å². The third-order valence-corrected chi connectivity index (χ3v) is 3.98. The molecule has 0 amide bonds. The highest BCUT2D eigenvalue weighted by molar-refractivity contribution is 8.00. The van der Waals surface area contributed by atoms with Gasteiger partial charge in [0.1, 0.15) is 0 Å². The molecule has 0 aromatic heterocycles. The van der Waals surface area contributed by atoms with Crippen molar-refractivity contribution >= 4 is 17.4 Å². The van der Waals surface area contributed by atoms with Gasteiger partial charge in [-0.1, -0.05) is 26.0 Å². The van der Waals surface area contributed by atoms with E-state index in [2.05, 4.69) is 26.1 Å². The fourth-order valence-electron chi connectivity index (χ4n) is 1.50. The van der Waals surface area contributed by atoms with Gasteiger partial charge in [-0.05, 0) is 19.5 Å². The van der Waals surface area contributed by atoms with Gasteiger partial charge in [-0.2, -0.15) is 0 Å². The fraction of sp³-hybridized carbons (Fsp3) is 0.500. The second-order valence-electron chi connectivity index (χ2n) is 3.89. The molecule has 1 N–H and O–H groups in total. The van der Waals surface area contributed by atoms with Crippen molar-refractivity contribution in [2.75, 3.05) is 6.54 Å². The first-order valence-corrected chi connectivity index (χ1v) is 6.57. The number of hydrogen-bond donors (Lipinski definition) is 1. The van der Waals surface area contributed by atoms with Crippen molar-refractivity contribution in [3.05, 3.63) is 34.4 Å². The maximum atomic E-state index is 10.9. The van der Waals surface area contributed by atoms with E-state index in [0.717, 1.165) is 11.4 Å². The van der Waals surface area contributed by atoms with Gasteiger partial charge in [0, 0.05) is 17.4 Å². The lowest BCUT2D eigenvalue weighted by Gasteiger charge is -2.19. The zero-order valence-electron chi connectivity index (χ0n) is 10.3. The monoisotopic (exact) mass is 254 g/mol. The molecule has 0 aliphatic rings. The average molecular weight is 254 g/mol. The maximum absolute atomic E-state index is 10.9. The molecule has 0 aliphatic heterocycles. The van der Waals surface area contributed by atoms with Crippen LogP contribution < -0.4 is 5.32 Å². The molecule has 4 nitrogen and oxygen atoms in total. The Hall–Kier alpha value is -1.07. The van der Waals surface area contributed by atoms with Crippen LogP contribution in [-0.2, 0) is 0 Å².